The van der Waals surface area contributed by atoms with Crippen LogP contribution in [0.3, 0.4) is 0 Å². The van der Waals surface area contributed by atoms with Crippen LogP contribution < -0.4 is 5.32 Å². The van der Waals surface area contributed by atoms with Gasteiger partial charge in [0.2, 0.25) is 5.91 Å². The summed E-state index contributed by atoms with van der Waals surface area (Å²) in [6.07, 6.45) is 2.03. The zero-order valence-corrected chi connectivity index (χ0v) is 13.9. The van der Waals surface area contributed by atoms with Gasteiger partial charge in [-0.2, -0.15) is 0 Å². The highest BCUT2D eigenvalue weighted by molar-refractivity contribution is 7.98. The lowest BCUT2D eigenvalue weighted by Gasteiger charge is -2.13. The molecule has 2 aromatic rings. The van der Waals surface area contributed by atoms with Crippen molar-refractivity contribution in [1.82, 2.24) is 4.90 Å². The van der Waals surface area contributed by atoms with Gasteiger partial charge in [0.05, 0.1) is 11.1 Å². The monoisotopic (exact) mass is 340 g/mol. The second kappa shape index (κ2) is 6.88. The number of thioether (sulfide) groups is 1. The van der Waals surface area contributed by atoms with Gasteiger partial charge in [-0.3, -0.25) is 19.3 Å². The maximum Gasteiger partial charge on any atom is 0.261 e. The Bertz CT molecular complexity index is 784. The molecule has 3 rings (SSSR count). The minimum atomic E-state index is -0.340. The van der Waals surface area contributed by atoms with E-state index in [1.807, 2.05) is 24.5 Å². The van der Waals surface area contributed by atoms with Gasteiger partial charge in [-0.25, -0.2) is 0 Å². The third-order valence-electron chi connectivity index (χ3n) is 3.79. The molecule has 1 aliphatic heterocycles. The molecule has 1 N–H and O–H groups in total. The first kappa shape index (κ1) is 16.3. The van der Waals surface area contributed by atoms with Gasteiger partial charge in [0.1, 0.15) is 0 Å². The zero-order chi connectivity index (χ0) is 17.1. The van der Waals surface area contributed by atoms with Gasteiger partial charge in [0.25, 0.3) is 11.8 Å². The molecule has 0 atom stereocenters. The molecule has 0 aromatic heterocycles. The van der Waals surface area contributed by atoms with E-state index >= 15 is 0 Å². The van der Waals surface area contributed by atoms with Gasteiger partial charge >= 0.3 is 0 Å². The fourth-order valence-electron chi connectivity index (χ4n) is 2.58. The number of rotatable bonds is 5. The van der Waals surface area contributed by atoms with Crippen molar-refractivity contribution in [2.24, 2.45) is 0 Å². The molecule has 24 heavy (non-hydrogen) atoms. The molecule has 5 nitrogen and oxygen atoms in total. The van der Waals surface area contributed by atoms with Gasteiger partial charge in [-0.15, -0.1) is 11.8 Å². The fraction of sp³-hybridized carbons (Fsp3) is 0.167. The minimum Gasteiger partial charge on any atom is -0.326 e. The second-order valence-corrected chi connectivity index (χ2v) is 6.22. The van der Waals surface area contributed by atoms with Crippen molar-refractivity contribution in [2.75, 3.05) is 18.1 Å². The molecule has 0 aliphatic carbocycles. The lowest BCUT2D eigenvalue weighted by molar-refractivity contribution is -0.116. The number of nitrogens with one attached hydrogen (secondary N) is 1. The normalized spacial score (nSPS) is 13.1. The third kappa shape index (κ3) is 3.19. The quantitative estimate of drug-likeness (QED) is 0.671. The molecule has 122 valence electrons. The molecular formula is C18H16N2O3S. The number of carbonyl (C=O) groups excluding carboxylic acids is 3. The van der Waals surface area contributed by atoms with Crippen molar-refractivity contribution in [2.45, 2.75) is 11.3 Å². The summed E-state index contributed by atoms with van der Waals surface area (Å²) in [5.74, 6) is -0.912. The van der Waals surface area contributed by atoms with E-state index in [4.69, 9.17) is 0 Å². The van der Waals surface area contributed by atoms with E-state index in [0.29, 0.717) is 16.8 Å². The molecule has 0 fully saturated rings. The number of hydrogen-bond acceptors (Lipinski definition) is 4. The van der Waals surface area contributed by atoms with Crippen LogP contribution >= 0.6 is 11.8 Å². The Balaban J connectivity index is 1.61. The number of amides is 3. The average Bonchev–Trinajstić information content (AvgIpc) is 2.84. The van der Waals surface area contributed by atoms with Crippen LogP contribution in [-0.2, 0) is 4.79 Å². The van der Waals surface area contributed by atoms with Crippen molar-refractivity contribution in [3.05, 3.63) is 59.7 Å². The summed E-state index contributed by atoms with van der Waals surface area (Å²) < 4.78 is 0. The average molecular weight is 340 g/mol. The summed E-state index contributed by atoms with van der Waals surface area (Å²) in [6, 6.07) is 14.2. The topological polar surface area (TPSA) is 66.5 Å². The number of nitrogens with zero attached hydrogens (tertiary/aromatic N) is 1. The van der Waals surface area contributed by atoms with E-state index < -0.39 is 0 Å². The highest BCUT2D eigenvalue weighted by atomic mass is 32.2. The maximum absolute atomic E-state index is 12.2. The Hall–Kier alpha value is -2.60. The molecule has 2 aromatic carbocycles. The van der Waals surface area contributed by atoms with Gasteiger partial charge < -0.3 is 5.32 Å². The second-order valence-electron chi connectivity index (χ2n) is 5.34. The lowest BCUT2D eigenvalue weighted by atomic mass is 10.1. The Morgan fingerprint density at radius 3 is 2.33 bits per heavy atom. The van der Waals surface area contributed by atoms with E-state index in [-0.39, 0.29) is 30.7 Å². The van der Waals surface area contributed by atoms with Gasteiger partial charge in [0, 0.05) is 23.5 Å². The van der Waals surface area contributed by atoms with Gasteiger partial charge in [0.15, 0.2) is 0 Å². The first-order valence-electron chi connectivity index (χ1n) is 7.49. The van der Waals surface area contributed by atoms with Crippen LogP contribution in [0.15, 0.2) is 53.4 Å². The van der Waals surface area contributed by atoms with Crippen LogP contribution in [0, 0.1) is 0 Å². The number of imide groups is 1. The molecule has 0 bridgehead atoms. The SMILES string of the molecule is CSc1cccc(NC(=O)CCN2C(=O)c3ccccc3C2=O)c1. The maximum atomic E-state index is 12.2. The largest absolute Gasteiger partial charge is 0.326 e. The van der Waals surface area contributed by atoms with Gasteiger partial charge in [-0.05, 0) is 36.6 Å². The summed E-state index contributed by atoms with van der Waals surface area (Å²) in [5, 5.41) is 2.79. The molecule has 3 amide bonds. The third-order valence-corrected chi connectivity index (χ3v) is 4.52. The standard InChI is InChI=1S/C18H16N2O3S/c1-24-13-6-4-5-12(11-13)19-16(21)9-10-20-17(22)14-7-2-3-8-15(14)18(20)23/h2-8,11H,9-10H2,1H3,(H,19,21). The minimum absolute atomic E-state index is 0.0644. The highest BCUT2D eigenvalue weighted by Gasteiger charge is 2.34. The van der Waals surface area contributed by atoms with E-state index in [9.17, 15) is 14.4 Å². The van der Waals surface area contributed by atoms with Crippen molar-refractivity contribution >= 4 is 35.2 Å². The molecule has 0 unspecified atom stereocenters. The molecule has 1 heterocycles. The van der Waals surface area contributed by atoms with Gasteiger partial charge in [-0.1, -0.05) is 18.2 Å². The van der Waals surface area contributed by atoms with Crippen LogP contribution in [-0.4, -0.2) is 35.4 Å². The fourth-order valence-corrected chi connectivity index (χ4v) is 3.04. The predicted octanol–water partition coefficient (Wildman–Crippen LogP) is 3.03. The highest BCUT2D eigenvalue weighted by Crippen LogP contribution is 2.23. The van der Waals surface area contributed by atoms with E-state index in [1.54, 1.807) is 42.1 Å². The van der Waals surface area contributed by atoms with Crippen molar-refractivity contribution in [1.29, 1.82) is 0 Å². The van der Waals surface area contributed by atoms with Crippen LogP contribution in [0.1, 0.15) is 27.1 Å². The Kier molecular flexibility index (Phi) is 4.66. The molecule has 0 spiro atoms. The Morgan fingerprint density at radius 2 is 1.71 bits per heavy atom. The summed E-state index contributed by atoms with van der Waals surface area (Å²) in [6.45, 7) is 0.0698. The number of hydrogen-bond donors (Lipinski definition) is 1. The van der Waals surface area contributed by atoms with Crippen molar-refractivity contribution in [3.63, 3.8) is 0 Å². The molecule has 0 radical (unpaired) electrons. The summed E-state index contributed by atoms with van der Waals surface area (Å²) in [4.78, 5) is 38.7. The Labute approximate surface area is 144 Å². The summed E-state index contributed by atoms with van der Waals surface area (Å²) in [5.41, 5.74) is 1.50. The summed E-state index contributed by atoms with van der Waals surface area (Å²) >= 11 is 1.59. The number of anilines is 1. The first-order valence-corrected chi connectivity index (χ1v) is 8.72. The summed E-state index contributed by atoms with van der Waals surface area (Å²) in [7, 11) is 0. The molecule has 0 saturated carbocycles. The molecule has 1 aliphatic rings. The number of benzene rings is 2. The van der Waals surface area contributed by atoms with E-state index in [2.05, 4.69) is 5.32 Å². The molecule has 6 heteroatoms. The first-order chi connectivity index (χ1) is 11.6. The Morgan fingerprint density at radius 1 is 1.04 bits per heavy atom. The lowest BCUT2D eigenvalue weighted by Crippen LogP contribution is -2.32. The molecular weight excluding hydrogens is 324 g/mol. The van der Waals surface area contributed by atoms with Crippen LogP contribution in [0.5, 0.6) is 0 Å². The van der Waals surface area contributed by atoms with Crippen LogP contribution in [0.2, 0.25) is 0 Å². The predicted molar refractivity (Wildman–Crippen MR) is 93.3 cm³/mol. The van der Waals surface area contributed by atoms with E-state index in [1.165, 1.54) is 0 Å². The van der Waals surface area contributed by atoms with E-state index in [0.717, 1.165) is 9.80 Å². The van der Waals surface area contributed by atoms with Crippen LogP contribution in [0.4, 0.5) is 5.69 Å². The number of fused-ring (bicyclic) bond motifs is 1. The molecule has 0 saturated heterocycles. The van der Waals surface area contributed by atoms with Crippen molar-refractivity contribution < 1.29 is 14.4 Å². The smallest absolute Gasteiger partial charge is 0.261 e. The number of carbonyl (C=O) groups is 3. The van der Waals surface area contributed by atoms with Crippen LogP contribution in [0.25, 0.3) is 0 Å². The zero-order valence-electron chi connectivity index (χ0n) is 13.1. The van der Waals surface area contributed by atoms with Crippen molar-refractivity contribution in [3.8, 4) is 0 Å².